The quantitative estimate of drug-likeness (QED) is 0.397. The summed E-state index contributed by atoms with van der Waals surface area (Å²) in [6.45, 7) is 9.57. The second-order valence-corrected chi connectivity index (χ2v) is 4.19. The van der Waals surface area contributed by atoms with Gasteiger partial charge in [0.15, 0.2) is 0 Å². The first-order valence-corrected chi connectivity index (χ1v) is 4.90. The average Bonchev–Trinajstić information content (AvgIpc) is 2.01. The van der Waals surface area contributed by atoms with E-state index < -0.39 is 0 Å². The molecule has 0 aliphatic heterocycles. The minimum atomic E-state index is -0.358. The van der Waals surface area contributed by atoms with Gasteiger partial charge in [0, 0.05) is 0 Å². The zero-order valence-corrected chi connectivity index (χ0v) is 9.66. The molecule has 0 rings (SSSR count). The molecule has 0 fully saturated rings. The third-order valence-electron chi connectivity index (χ3n) is 1.52. The number of ether oxygens (including phenoxy) is 2. The van der Waals surface area contributed by atoms with Crippen LogP contribution in [0, 0.1) is 0 Å². The van der Waals surface area contributed by atoms with Crippen molar-refractivity contribution < 1.29 is 14.3 Å². The van der Waals surface area contributed by atoms with Gasteiger partial charge < -0.3 is 9.47 Å². The normalized spacial score (nSPS) is 14.1. The van der Waals surface area contributed by atoms with Crippen molar-refractivity contribution in [2.24, 2.45) is 0 Å². The fraction of sp³-hybridized carbons (Fsp3) is 0.727. The van der Waals surface area contributed by atoms with Crippen molar-refractivity contribution in [2.75, 3.05) is 0 Å². The lowest BCUT2D eigenvalue weighted by Crippen LogP contribution is -2.16. The molecular weight excluding hydrogens is 180 g/mol. The van der Waals surface area contributed by atoms with Gasteiger partial charge in [-0.2, -0.15) is 0 Å². The van der Waals surface area contributed by atoms with Crippen LogP contribution < -0.4 is 0 Å². The molecule has 0 aliphatic carbocycles. The minimum Gasteiger partial charge on any atom is -0.495 e. The number of carbonyl (C=O) groups is 1. The molecule has 0 N–H and O–H groups in total. The van der Waals surface area contributed by atoms with Crippen molar-refractivity contribution in [1.82, 2.24) is 0 Å². The van der Waals surface area contributed by atoms with E-state index in [2.05, 4.69) is 0 Å². The molecule has 1 atom stereocenters. The Hall–Kier alpha value is -0.990. The highest BCUT2D eigenvalue weighted by Gasteiger charge is 2.08. The van der Waals surface area contributed by atoms with Gasteiger partial charge >= 0.3 is 5.97 Å². The Balaban J connectivity index is 3.83. The van der Waals surface area contributed by atoms with Crippen LogP contribution in [0.25, 0.3) is 0 Å². The molecular formula is C11H20O3. The lowest BCUT2D eigenvalue weighted by atomic mass is 10.2. The van der Waals surface area contributed by atoms with Gasteiger partial charge in [0.25, 0.3) is 0 Å². The first kappa shape index (κ1) is 13.0. The predicted octanol–water partition coefficient (Wildman–Crippen LogP) is 2.66. The molecule has 3 nitrogen and oxygen atoms in total. The summed E-state index contributed by atoms with van der Waals surface area (Å²) in [4.78, 5) is 11.1. The summed E-state index contributed by atoms with van der Waals surface area (Å²) in [5.41, 5.74) is -0.271. The van der Waals surface area contributed by atoms with Gasteiger partial charge in [-0.1, -0.05) is 6.92 Å². The lowest BCUT2D eigenvalue weighted by Gasteiger charge is -2.17. The van der Waals surface area contributed by atoms with Crippen molar-refractivity contribution in [3.05, 3.63) is 12.3 Å². The van der Waals surface area contributed by atoms with Crippen molar-refractivity contribution in [1.29, 1.82) is 0 Å². The Morgan fingerprint density at radius 1 is 1.43 bits per heavy atom. The van der Waals surface area contributed by atoms with Crippen molar-refractivity contribution >= 4 is 5.97 Å². The predicted molar refractivity (Wildman–Crippen MR) is 55.8 cm³/mol. The number of rotatable bonds is 4. The van der Waals surface area contributed by atoms with Crippen molar-refractivity contribution in [3.8, 4) is 0 Å². The van der Waals surface area contributed by atoms with Crippen LogP contribution in [0.4, 0.5) is 0 Å². The molecule has 3 heteroatoms. The number of carbonyl (C=O) groups excluding carboxylic acids is 1. The van der Waals surface area contributed by atoms with E-state index in [1.165, 1.54) is 12.3 Å². The van der Waals surface area contributed by atoms with Crippen LogP contribution in [0.3, 0.4) is 0 Å². The lowest BCUT2D eigenvalue weighted by molar-refractivity contribution is -0.142. The summed E-state index contributed by atoms with van der Waals surface area (Å²) in [5, 5.41) is 0. The Morgan fingerprint density at radius 2 is 2.00 bits per heavy atom. The van der Waals surface area contributed by atoms with Gasteiger partial charge in [0.05, 0.1) is 24.0 Å². The van der Waals surface area contributed by atoms with Crippen LogP contribution in [0.5, 0.6) is 0 Å². The fourth-order valence-electron chi connectivity index (χ4n) is 0.615. The number of hydrogen-bond donors (Lipinski definition) is 0. The highest BCUT2D eigenvalue weighted by Crippen LogP contribution is 2.06. The van der Waals surface area contributed by atoms with Crippen LogP contribution in [0.15, 0.2) is 12.3 Å². The first-order chi connectivity index (χ1) is 6.35. The van der Waals surface area contributed by atoms with E-state index in [-0.39, 0.29) is 17.7 Å². The van der Waals surface area contributed by atoms with Crippen LogP contribution in [-0.4, -0.2) is 17.7 Å². The zero-order valence-electron chi connectivity index (χ0n) is 9.66. The SMILES string of the molecule is CCC(C)OC(=O)/C=C/OC(C)(C)C. The molecule has 0 aromatic rings. The standard InChI is InChI=1S/C11H20O3/c1-6-9(2)14-10(12)7-8-13-11(3,4)5/h7-9H,6H2,1-5H3/b8-7+. The maximum Gasteiger partial charge on any atom is 0.334 e. The molecule has 0 aromatic heterocycles. The van der Waals surface area contributed by atoms with Crippen LogP contribution in [-0.2, 0) is 14.3 Å². The van der Waals surface area contributed by atoms with Crippen LogP contribution >= 0.6 is 0 Å². The maximum absolute atomic E-state index is 11.1. The van der Waals surface area contributed by atoms with E-state index in [0.717, 1.165) is 6.42 Å². The highest BCUT2D eigenvalue weighted by atomic mass is 16.5. The molecule has 0 saturated heterocycles. The third kappa shape index (κ3) is 7.65. The molecule has 0 bridgehead atoms. The van der Waals surface area contributed by atoms with E-state index >= 15 is 0 Å². The van der Waals surface area contributed by atoms with Crippen molar-refractivity contribution in [3.63, 3.8) is 0 Å². The first-order valence-electron chi connectivity index (χ1n) is 4.90. The zero-order chi connectivity index (χ0) is 11.2. The Bertz CT molecular complexity index is 201. The largest absolute Gasteiger partial charge is 0.495 e. The van der Waals surface area contributed by atoms with Crippen LogP contribution in [0.1, 0.15) is 41.0 Å². The summed E-state index contributed by atoms with van der Waals surface area (Å²) >= 11 is 0. The van der Waals surface area contributed by atoms with Gasteiger partial charge in [-0.05, 0) is 34.1 Å². The molecule has 0 aromatic carbocycles. The molecule has 82 valence electrons. The molecule has 0 aliphatic rings. The Kier molecular flexibility index (Phi) is 5.28. The third-order valence-corrected chi connectivity index (χ3v) is 1.52. The summed E-state index contributed by atoms with van der Waals surface area (Å²) in [6.07, 6.45) is 3.46. The van der Waals surface area contributed by atoms with Crippen LogP contribution in [0.2, 0.25) is 0 Å². The molecule has 0 spiro atoms. The van der Waals surface area contributed by atoms with Gasteiger partial charge in [-0.3, -0.25) is 0 Å². The van der Waals surface area contributed by atoms with Gasteiger partial charge in [-0.25, -0.2) is 4.79 Å². The second kappa shape index (κ2) is 5.68. The summed E-state index contributed by atoms with van der Waals surface area (Å²) in [6, 6.07) is 0. The second-order valence-electron chi connectivity index (χ2n) is 4.19. The summed E-state index contributed by atoms with van der Waals surface area (Å²) in [7, 11) is 0. The average molecular weight is 200 g/mol. The van der Waals surface area contributed by atoms with E-state index in [0.29, 0.717) is 0 Å². The molecule has 0 saturated carbocycles. The van der Waals surface area contributed by atoms with Gasteiger partial charge in [-0.15, -0.1) is 0 Å². The Labute approximate surface area is 86.1 Å². The monoisotopic (exact) mass is 200 g/mol. The summed E-state index contributed by atoms with van der Waals surface area (Å²) in [5.74, 6) is -0.358. The molecule has 0 amide bonds. The van der Waals surface area contributed by atoms with Gasteiger partial charge in [0.2, 0.25) is 0 Å². The van der Waals surface area contributed by atoms with E-state index in [1.54, 1.807) is 0 Å². The fourth-order valence-corrected chi connectivity index (χ4v) is 0.615. The molecule has 0 radical (unpaired) electrons. The van der Waals surface area contributed by atoms with Gasteiger partial charge in [0.1, 0.15) is 0 Å². The molecule has 14 heavy (non-hydrogen) atoms. The summed E-state index contributed by atoms with van der Waals surface area (Å²) < 4.78 is 10.2. The van der Waals surface area contributed by atoms with Crippen molar-refractivity contribution in [2.45, 2.75) is 52.7 Å². The Morgan fingerprint density at radius 3 is 2.43 bits per heavy atom. The number of esters is 1. The molecule has 0 heterocycles. The van der Waals surface area contributed by atoms with E-state index in [1.807, 2.05) is 34.6 Å². The van der Waals surface area contributed by atoms with E-state index in [4.69, 9.17) is 9.47 Å². The minimum absolute atomic E-state index is 0.0400. The highest BCUT2D eigenvalue weighted by molar-refractivity contribution is 5.81. The topological polar surface area (TPSA) is 35.5 Å². The molecule has 1 unspecified atom stereocenters. The van der Waals surface area contributed by atoms with E-state index in [9.17, 15) is 4.79 Å². The maximum atomic E-state index is 11.1. The smallest absolute Gasteiger partial charge is 0.334 e. The number of hydrogen-bond acceptors (Lipinski definition) is 3.